The van der Waals surface area contributed by atoms with Crippen molar-refractivity contribution in [3.63, 3.8) is 0 Å². The van der Waals surface area contributed by atoms with Gasteiger partial charge in [0.05, 0.1) is 0 Å². The van der Waals surface area contributed by atoms with E-state index in [4.69, 9.17) is 10.6 Å². The molecule has 0 N–H and O–H groups in total. The molecule has 1 saturated heterocycles. The smallest absolute Gasteiger partial charge is 0 e. The average Bonchev–Trinajstić information content (AvgIpc) is 2.81. The summed E-state index contributed by atoms with van der Waals surface area (Å²) in [6.45, 7) is 16.2. The molecule has 2 aliphatic carbocycles. The number of rotatable bonds is 6. The minimum atomic E-state index is -1.22. The molecule has 206 valence electrons. The Morgan fingerprint density at radius 3 is 1.57 bits per heavy atom. The fraction of sp³-hybridized carbons (Fsp3) is 0.800. The average molecular weight is 558 g/mol. The maximum atomic E-state index is 4.97. The zero-order chi connectivity index (χ0) is 24.6. The summed E-state index contributed by atoms with van der Waals surface area (Å²) in [5.74, 6) is 1.78. The van der Waals surface area contributed by atoms with Crippen molar-refractivity contribution in [3.8, 4) is 0 Å². The van der Waals surface area contributed by atoms with Crippen molar-refractivity contribution in [1.29, 1.82) is 0 Å². The van der Waals surface area contributed by atoms with E-state index in [1.807, 2.05) is 17.8 Å². The molecule has 0 aromatic heterocycles. The van der Waals surface area contributed by atoms with Crippen LogP contribution in [0.25, 0.3) is 10.6 Å². The Kier molecular flexibility index (Phi) is 13.4. The van der Waals surface area contributed by atoms with Gasteiger partial charge >= 0.3 is 0 Å². The van der Waals surface area contributed by atoms with Crippen LogP contribution in [-0.2, 0) is 16.5 Å². The molecule has 2 heterocycles. The molecule has 0 bridgehead atoms. The van der Waals surface area contributed by atoms with Crippen LogP contribution in [0.3, 0.4) is 0 Å². The monoisotopic (exact) mass is 556 g/mol. The molecular formula is C30H54N2NiSi2-4. The summed E-state index contributed by atoms with van der Waals surface area (Å²) >= 11 is 0. The van der Waals surface area contributed by atoms with Crippen LogP contribution in [0, 0.1) is 22.9 Å². The van der Waals surface area contributed by atoms with Crippen molar-refractivity contribution in [2.75, 3.05) is 6.54 Å². The number of allylic oxidation sites excluding steroid dienone is 2. The van der Waals surface area contributed by atoms with Gasteiger partial charge in [0.15, 0.2) is 0 Å². The van der Waals surface area contributed by atoms with Crippen LogP contribution < -0.4 is 0 Å². The minimum Gasteiger partial charge on any atom is -0.710 e. The summed E-state index contributed by atoms with van der Waals surface area (Å²) < 4.78 is 0. The fourth-order valence-electron chi connectivity index (χ4n) is 7.15. The Bertz CT molecular complexity index is 616. The van der Waals surface area contributed by atoms with Crippen molar-refractivity contribution < 1.29 is 16.5 Å². The van der Waals surface area contributed by atoms with E-state index in [2.05, 4.69) is 51.4 Å². The molecule has 0 amide bonds. The van der Waals surface area contributed by atoms with Gasteiger partial charge in [0.2, 0.25) is 0 Å². The minimum absolute atomic E-state index is 0. The van der Waals surface area contributed by atoms with Crippen molar-refractivity contribution in [1.82, 2.24) is 0 Å². The molecule has 35 heavy (non-hydrogen) atoms. The van der Waals surface area contributed by atoms with Crippen LogP contribution in [-0.4, -0.2) is 34.8 Å². The van der Waals surface area contributed by atoms with Gasteiger partial charge in [-0.2, -0.15) is 24.6 Å². The van der Waals surface area contributed by atoms with Crippen LogP contribution in [0.5, 0.6) is 0 Å². The molecule has 0 radical (unpaired) electrons. The van der Waals surface area contributed by atoms with Gasteiger partial charge in [-0.25, -0.2) is 6.04 Å². The van der Waals surface area contributed by atoms with Gasteiger partial charge in [-0.15, -0.1) is 6.08 Å². The van der Waals surface area contributed by atoms with Gasteiger partial charge < -0.3 is 21.7 Å². The van der Waals surface area contributed by atoms with Gasteiger partial charge in [0, 0.05) is 16.5 Å². The van der Waals surface area contributed by atoms with E-state index in [1.54, 1.807) is 5.54 Å². The number of hydrogen-bond donors (Lipinski definition) is 0. The Morgan fingerprint density at radius 1 is 0.629 bits per heavy atom. The molecule has 3 fully saturated rings. The molecular weight excluding hydrogens is 503 g/mol. The fourth-order valence-corrected chi connectivity index (χ4v) is 12.5. The molecule has 4 aliphatic rings. The third kappa shape index (κ3) is 9.77. The van der Waals surface area contributed by atoms with Gasteiger partial charge in [-0.1, -0.05) is 151 Å². The van der Waals surface area contributed by atoms with Gasteiger partial charge in [-0.3, -0.25) is 6.04 Å². The van der Waals surface area contributed by atoms with E-state index in [-0.39, 0.29) is 16.5 Å². The third-order valence-corrected chi connectivity index (χ3v) is 13.4. The van der Waals surface area contributed by atoms with Crippen LogP contribution in [0.15, 0.2) is 24.4 Å². The normalized spacial score (nSPS) is 26.6. The first kappa shape index (κ1) is 31.4. The first-order chi connectivity index (χ1) is 16.2. The molecule has 0 aromatic rings. The zero-order valence-electron chi connectivity index (χ0n) is 23.7. The molecule has 2 aliphatic heterocycles. The Labute approximate surface area is 231 Å². The predicted octanol–water partition coefficient (Wildman–Crippen LogP) is 9.79. The first-order valence-corrected chi connectivity index (χ1v) is 21.6. The standard InChI is InChI=1S/C15H29NSi.C15H25NSi.Ni/c2*1-17(2,3)15(13-9-5-4-6-10-13)14-11-7-8-12-16-14;/h13-14H,4-12H2,1-3H3;7-8,11-14H,4-6,9-10H2,1-3H3;/q2*-2;. The van der Waals surface area contributed by atoms with Crippen molar-refractivity contribution in [2.24, 2.45) is 11.8 Å². The summed E-state index contributed by atoms with van der Waals surface area (Å²) in [5, 5.41) is 9.67. The zero-order valence-corrected chi connectivity index (χ0v) is 26.7. The van der Waals surface area contributed by atoms with E-state index in [0.717, 1.165) is 18.4 Å². The topological polar surface area (TPSA) is 28.2 Å². The SMILES string of the molecule is C[Si](C)(C)[C-](C1CCCCC1)C1C=CC=C[N-]1.C[Si](C)(C)[C-](C1CCCCC1)C1CCCC[N-]1.[Ni]. The van der Waals surface area contributed by atoms with Gasteiger partial charge in [0.25, 0.3) is 0 Å². The van der Waals surface area contributed by atoms with Crippen LogP contribution in [0.2, 0.25) is 39.3 Å². The summed E-state index contributed by atoms with van der Waals surface area (Å²) in [4.78, 5) is 0. The van der Waals surface area contributed by atoms with Crippen molar-refractivity contribution in [2.45, 2.75) is 135 Å². The predicted molar refractivity (Wildman–Crippen MR) is 158 cm³/mol. The van der Waals surface area contributed by atoms with Crippen molar-refractivity contribution in [3.05, 3.63) is 46.1 Å². The molecule has 2 atom stereocenters. The van der Waals surface area contributed by atoms with E-state index in [1.165, 1.54) is 83.5 Å². The van der Waals surface area contributed by atoms with Crippen LogP contribution >= 0.6 is 0 Å². The Balaban J connectivity index is 0.000000240. The first-order valence-electron chi connectivity index (χ1n) is 14.6. The summed E-state index contributed by atoms with van der Waals surface area (Å²) in [5.41, 5.74) is 3.72. The Morgan fingerprint density at radius 2 is 1.14 bits per heavy atom. The van der Waals surface area contributed by atoms with E-state index in [0.29, 0.717) is 12.1 Å². The molecule has 2 saturated carbocycles. The van der Waals surface area contributed by atoms with E-state index < -0.39 is 16.1 Å². The quantitative estimate of drug-likeness (QED) is 0.230. The number of hydrogen-bond acceptors (Lipinski definition) is 0. The van der Waals surface area contributed by atoms with Gasteiger partial charge in [-0.05, 0) is 0 Å². The Hall–Kier alpha value is 0.167. The molecule has 2 nitrogen and oxygen atoms in total. The summed E-state index contributed by atoms with van der Waals surface area (Å²) in [6.07, 6.45) is 27.0. The molecule has 2 unspecified atom stereocenters. The molecule has 0 aromatic carbocycles. The third-order valence-electron chi connectivity index (χ3n) is 8.47. The van der Waals surface area contributed by atoms with Crippen LogP contribution in [0.1, 0.15) is 83.5 Å². The maximum Gasteiger partial charge on any atom is 0 e. The number of piperidine rings is 1. The summed E-state index contributed by atoms with van der Waals surface area (Å²) in [7, 11) is -2.36. The van der Waals surface area contributed by atoms with E-state index >= 15 is 0 Å². The largest absolute Gasteiger partial charge is 0.710 e. The van der Waals surface area contributed by atoms with Gasteiger partial charge in [0.1, 0.15) is 0 Å². The second-order valence-electron chi connectivity index (χ2n) is 13.3. The molecule has 4 rings (SSSR count). The number of nitrogens with zero attached hydrogens (tertiary/aromatic N) is 2. The maximum absolute atomic E-state index is 4.97. The summed E-state index contributed by atoms with van der Waals surface area (Å²) in [6, 6.07) is 1.04. The van der Waals surface area contributed by atoms with E-state index in [9.17, 15) is 0 Å². The molecule has 0 spiro atoms. The second-order valence-corrected chi connectivity index (χ2v) is 23.5. The van der Waals surface area contributed by atoms with Crippen molar-refractivity contribution >= 4 is 16.1 Å². The van der Waals surface area contributed by atoms with Crippen LogP contribution in [0.4, 0.5) is 0 Å². The molecule has 5 heteroatoms. The second kappa shape index (κ2) is 14.9.